The Hall–Kier alpha value is -1.39. The maximum atomic E-state index is 9.19. The Kier molecular flexibility index (Phi) is 4.73. The van der Waals surface area contributed by atoms with Gasteiger partial charge in [-0.25, -0.2) is 0 Å². The van der Waals surface area contributed by atoms with Crippen LogP contribution in [-0.4, -0.2) is 23.2 Å². The van der Waals surface area contributed by atoms with Gasteiger partial charge in [-0.1, -0.05) is 30.3 Å². The van der Waals surface area contributed by atoms with Crippen LogP contribution in [0.2, 0.25) is 0 Å². The molecular formula is C14H15BrN2O. The number of pyridine rings is 1. The summed E-state index contributed by atoms with van der Waals surface area (Å²) in [7, 11) is 0. The maximum absolute atomic E-state index is 9.19. The van der Waals surface area contributed by atoms with Crippen molar-refractivity contribution >= 4 is 21.6 Å². The average Bonchev–Trinajstić information content (AvgIpc) is 2.40. The molecule has 0 aliphatic carbocycles. The standard InChI is InChI=1S/C14H15BrN2O/c15-13-10-16-7-6-14(13)17(8-9-18)11-12-4-2-1-3-5-12/h1-7,10,18H,8-9,11H2. The Balaban J connectivity index is 2.21. The molecule has 0 saturated carbocycles. The number of halogens is 1. The summed E-state index contributed by atoms with van der Waals surface area (Å²) in [6.45, 7) is 1.49. The van der Waals surface area contributed by atoms with Gasteiger partial charge in [0, 0.05) is 25.5 Å². The van der Waals surface area contributed by atoms with Crippen LogP contribution in [0.25, 0.3) is 0 Å². The highest BCUT2D eigenvalue weighted by atomic mass is 79.9. The van der Waals surface area contributed by atoms with E-state index in [0.29, 0.717) is 6.54 Å². The van der Waals surface area contributed by atoms with Crippen LogP contribution in [0.5, 0.6) is 0 Å². The minimum absolute atomic E-state index is 0.127. The lowest BCUT2D eigenvalue weighted by atomic mass is 10.2. The van der Waals surface area contributed by atoms with E-state index in [-0.39, 0.29) is 6.61 Å². The number of aliphatic hydroxyl groups is 1. The van der Waals surface area contributed by atoms with Crippen LogP contribution in [0.1, 0.15) is 5.56 Å². The largest absolute Gasteiger partial charge is 0.395 e. The minimum atomic E-state index is 0.127. The molecule has 1 aromatic carbocycles. The summed E-state index contributed by atoms with van der Waals surface area (Å²) < 4.78 is 0.939. The molecule has 0 unspecified atom stereocenters. The van der Waals surface area contributed by atoms with Crippen molar-refractivity contribution in [1.29, 1.82) is 0 Å². The van der Waals surface area contributed by atoms with E-state index in [1.807, 2.05) is 24.3 Å². The molecule has 0 amide bonds. The topological polar surface area (TPSA) is 36.4 Å². The molecule has 1 N–H and O–H groups in total. The van der Waals surface area contributed by atoms with E-state index in [2.05, 4.69) is 37.9 Å². The monoisotopic (exact) mass is 306 g/mol. The molecule has 4 heteroatoms. The summed E-state index contributed by atoms with van der Waals surface area (Å²) in [5.41, 5.74) is 2.26. The lowest BCUT2D eigenvalue weighted by Crippen LogP contribution is -2.26. The third kappa shape index (κ3) is 3.31. The molecule has 3 nitrogen and oxygen atoms in total. The van der Waals surface area contributed by atoms with Gasteiger partial charge in [0.2, 0.25) is 0 Å². The first-order chi connectivity index (χ1) is 8.81. The number of benzene rings is 1. The quantitative estimate of drug-likeness (QED) is 0.923. The van der Waals surface area contributed by atoms with Crippen molar-refractivity contribution in [1.82, 2.24) is 4.98 Å². The van der Waals surface area contributed by atoms with Gasteiger partial charge >= 0.3 is 0 Å². The fraction of sp³-hybridized carbons (Fsp3) is 0.214. The second-order valence-corrected chi connectivity index (χ2v) is 4.81. The number of hydrogen-bond donors (Lipinski definition) is 1. The molecule has 18 heavy (non-hydrogen) atoms. The van der Waals surface area contributed by atoms with Crippen molar-refractivity contribution in [3.63, 3.8) is 0 Å². The van der Waals surface area contributed by atoms with E-state index in [9.17, 15) is 5.11 Å². The predicted molar refractivity (Wildman–Crippen MR) is 76.5 cm³/mol. The molecular weight excluding hydrogens is 292 g/mol. The van der Waals surface area contributed by atoms with E-state index in [1.165, 1.54) is 5.56 Å². The highest BCUT2D eigenvalue weighted by Crippen LogP contribution is 2.25. The molecule has 0 saturated heterocycles. The SMILES string of the molecule is OCCN(Cc1ccccc1)c1ccncc1Br. The lowest BCUT2D eigenvalue weighted by molar-refractivity contribution is 0.301. The second-order valence-electron chi connectivity index (χ2n) is 3.96. The van der Waals surface area contributed by atoms with Crippen LogP contribution in [0.15, 0.2) is 53.3 Å². The Morgan fingerprint density at radius 1 is 1.17 bits per heavy atom. The molecule has 0 aliphatic heterocycles. The summed E-state index contributed by atoms with van der Waals surface area (Å²) >= 11 is 3.49. The maximum Gasteiger partial charge on any atom is 0.0606 e. The molecule has 2 aromatic rings. The molecule has 0 radical (unpaired) electrons. The fourth-order valence-corrected chi connectivity index (χ4v) is 2.33. The van der Waals surface area contributed by atoms with Crippen LogP contribution in [0.4, 0.5) is 5.69 Å². The molecule has 0 spiro atoms. The first-order valence-electron chi connectivity index (χ1n) is 5.80. The molecule has 1 aromatic heterocycles. The number of aromatic nitrogens is 1. The van der Waals surface area contributed by atoms with Gasteiger partial charge < -0.3 is 10.0 Å². The Bertz CT molecular complexity index is 490. The first-order valence-corrected chi connectivity index (χ1v) is 6.60. The van der Waals surface area contributed by atoms with Gasteiger partial charge in [-0.05, 0) is 27.6 Å². The molecule has 0 fully saturated rings. The zero-order valence-electron chi connectivity index (χ0n) is 9.96. The molecule has 2 rings (SSSR count). The second kappa shape index (κ2) is 6.52. The third-order valence-electron chi connectivity index (χ3n) is 2.68. The number of anilines is 1. The van der Waals surface area contributed by atoms with E-state index >= 15 is 0 Å². The molecule has 0 atom stereocenters. The predicted octanol–water partition coefficient (Wildman–Crippen LogP) is 2.84. The van der Waals surface area contributed by atoms with Crippen LogP contribution in [0, 0.1) is 0 Å². The molecule has 0 bridgehead atoms. The van der Waals surface area contributed by atoms with Crippen molar-refractivity contribution in [3.05, 3.63) is 58.8 Å². The van der Waals surface area contributed by atoms with Gasteiger partial charge in [-0.2, -0.15) is 0 Å². The van der Waals surface area contributed by atoms with E-state index in [4.69, 9.17) is 0 Å². The fourth-order valence-electron chi connectivity index (χ4n) is 1.83. The van der Waals surface area contributed by atoms with Crippen molar-refractivity contribution in [3.8, 4) is 0 Å². The van der Waals surface area contributed by atoms with Crippen LogP contribution < -0.4 is 4.90 Å². The minimum Gasteiger partial charge on any atom is -0.395 e. The smallest absolute Gasteiger partial charge is 0.0606 e. The van der Waals surface area contributed by atoms with Crippen molar-refractivity contribution < 1.29 is 5.11 Å². The Morgan fingerprint density at radius 2 is 1.94 bits per heavy atom. The average molecular weight is 307 g/mol. The highest BCUT2D eigenvalue weighted by molar-refractivity contribution is 9.10. The number of rotatable bonds is 5. The Morgan fingerprint density at radius 3 is 2.61 bits per heavy atom. The van der Waals surface area contributed by atoms with E-state index < -0.39 is 0 Å². The zero-order valence-corrected chi connectivity index (χ0v) is 11.5. The normalized spacial score (nSPS) is 10.3. The number of hydrogen-bond acceptors (Lipinski definition) is 3. The van der Waals surface area contributed by atoms with Crippen LogP contribution in [-0.2, 0) is 6.54 Å². The first kappa shape index (κ1) is 13.1. The van der Waals surface area contributed by atoms with E-state index in [0.717, 1.165) is 16.7 Å². The van der Waals surface area contributed by atoms with E-state index in [1.54, 1.807) is 12.4 Å². The zero-order chi connectivity index (χ0) is 12.8. The summed E-state index contributed by atoms with van der Waals surface area (Å²) in [4.78, 5) is 6.18. The van der Waals surface area contributed by atoms with Crippen molar-refractivity contribution in [2.24, 2.45) is 0 Å². The third-order valence-corrected chi connectivity index (χ3v) is 3.29. The van der Waals surface area contributed by atoms with Crippen molar-refractivity contribution in [2.45, 2.75) is 6.54 Å². The Labute approximate surface area is 115 Å². The number of aliphatic hydroxyl groups excluding tert-OH is 1. The lowest BCUT2D eigenvalue weighted by Gasteiger charge is -2.25. The number of nitrogens with zero attached hydrogens (tertiary/aromatic N) is 2. The van der Waals surface area contributed by atoms with Gasteiger partial charge in [0.25, 0.3) is 0 Å². The summed E-state index contributed by atoms with van der Waals surface area (Å²) in [6, 6.07) is 12.2. The van der Waals surface area contributed by atoms with Crippen LogP contribution >= 0.6 is 15.9 Å². The van der Waals surface area contributed by atoms with Gasteiger partial charge in [0.15, 0.2) is 0 Å². The molecule has 94 valence electrons. The van der Waals surface area contributed by atoms with Gasteiger partial charge in [0.1, 0.15) is 0 Å². The molecule has 0 aliphatic rings. The van der Waals surface area contributed by atoms with Crippen molar-refractivity contribution in [2.75, 3.05) is 18.1 Å². The van der Waals surface area contributed by atoms with Gasteiger partial charge in [0.05, 0.1) is 16.8 Å². The van der Waals surface area contributed by atoms with Gasteiger partial charge in [-0.3, -0.25) is 4.98 Å². The summed E-state index contributed by atoms with van der Waals surface area (Å²) in [5.74, 6) is 0. The summed E-state index contributed by atoms with van der Waals surface area (Å²) in [5, 5.41) is 9.19. The van der Waals surface area contributed by atoms with Gasteiger partial charge in [-0.15, -0.1) is 0 Å². The highest BCUT2D eigenvalue weighted by Gasteiger charge is 2.09. The van der Waals surface area contributed by atoms with Crippen LogP contribution in [0.3, 0.4) is 0 Å². The summed E-state index contributed by atoms with van der Waals surface area (Å²) in [6.07, 6.45) is 3.53. The molecule has 1 heterocycles.